The molecule has 4 rings (SSSR count). The van der Waals surface area contributed by atoms with Gasteiger partial charge in [-0.25, -0.2) is 4.39 Å². The minimum Gasteiger partial charge on any atom is -0.286 e. The first kappa shape index (κ1) is 15.9. The predicted octanol–water partition coefficient (Wildman–Crippen LogP) is 5.09. The molecule has 0 fully saturated rings. The maximum Gasteiger partial charge on any atom is 0.160 e. The lowest BCUT2D eigenvalue weighted by Crippen LogP contribution is -1.97. The molecule has 0 N–H and O–H groups in total. The minimum absolute atomic E-state index is 0.246. The van der Waals surface area contributed by atoms with Gasteiger partial charge in [-0.1, -0.05) is 13.8 Å². The van der Waals surface area contributed by atoms with E-state index in [1.807, 2.05) is 16.5 Å². The molecule has 126 valence electrons. The minimum atomic E-state index is -0.246. The molecule has 0 saturated heterocycles. The fourth-order valence-electron chi connectivity index (χ4n) is 2.97. The van der Waals surface area contributed by atoms with Crippen LogP contribution in [0.25, 0.3) is 28.0 Å². The van der Waals surface area contributed by atoms with E-state index in [0.29, 0.717) is 0 Å². The molecule has 0 aliphatic heterocycles. The summed E-state index contributed by atoms with van der Waals surface area (Å²) in [6.07, 6.45) is 2.06. The van der Waals surface area contributed by atoms with Crippen LogP contribution in [0.3, 0.4) is 0 Å². The zero-order valence-corrected chi connectivity index (χ0v) is 15.0. The quantitative estimate of drug-likeness (QED) is 0.516. The Morgan fingerprint density at radius 3 is 2.44 bits per heavy atom. The highest BCUT2D eigenvalue weighted by Crippen LogP contribution is 2.36. The molecule has 0 atom stereocenters. The molecule has 0 aliphatic carbocycles. The van der Waals surface area contributed by atoms with Crippen molar-refractivity contribution >= 4 is 17.2 Å². The van der Waals surface area contributed by atoms with Crippen molar-refractivity contribution in [1.29, 1.82) is 0 Å². The Morgan fingerprint density at radius 2 is 1.72 bits per heavy atom. The molecule has 0 radical (unpaired) electrons. The summed E-state index contributed by atoms with van der Waals surface area (Å²) in [5, 5.41) is 8.52. The molecule has 0 spiro atoms. The monoisotopic (exact) mass is 352 g/mol. The highest BCUT2D eigenvalue weighted by molar-refractivity contribution is 7.06. The molecule has 4 nitrogen and oxygen atoms in total. The number of benzene rings is 1. The topological polar surface area (TPSA) is 43.1 Å². The Bertz CT molecular complexity index is 1050. The molecule has 3 heterocycles. The van der Waals surface area contributed by atoms with Crippen LogP contribution in [0, 0.1) is 12.7 Å². The zero-order valence-electron chi connectivity index (χ0n) is 14.2. The van der Waals surface area contributed by atoms with Gasteiger partial charge < -0.3 is 0 Å². The van der Waals surface area contributed by atoms with Crippen LogP contribution in [0.5, 0.6) is 0 Å². The first-order valence-electron chi connectivity index (χ1n) is 8.12. The van der Waals surface area contributed by atoms with Gasteiger partial charge in [0, 0.05) is 33.7 Å². The predicted molar refractivity (Wildman–Crippen MR) is 98.3 cm³/mol. The SMILES string of the molecule is Cc1snc(-c2ccc(F)cc2)c1-c1ccc2nnc(C(C)C)n2c1. The first-order valence-corrected chi connectivity index (χ1v) is 8.89. The number of hydrogen-bond donors (Lipinski definition) is 0. The van der Waals surface area contributed by atoms with Crippen molar-refractivity contribution in [3.8, 4) is 22.4 Å². The average Bonchev–Trinajstić information content (AvgIpc) is 3.18. The summed E-state index contributed by atoms with van der Waals surface area (Å²) < 4.78 is 19.9. The van der Waals surface area contributed by atoms with Gasteiger partial charge in [-0.15, -0.1) is 10.2 Å². The van der Waals surface area contributed by atoms with Gasteiger partial charge in [0.05, 0.1) is 5.69 Å². The van der Waals surface area contributed by atoms with E-state index in [2.05, 4.69) is 41.5 Å². The third-order valence-corrected chi connectivity index (χ3v) is 4.97. The average molecular weight is 352 g/mol. The van der Waals surface area contributed by atoms with Gasteiger partial charge in [-0.3, -0.25) is 4.40 Å². The van der Waals surface area contributed by atoms with Crippen LogP contribution < -0.4 is 0 Å². The molecule has 0 unspecified atom stereocenters. The van der Waals surface area contributed by atoms with E-state index < -0.39 is 0 Å². The Balaban J connectivity index is 1.90. The number of halogens is 1. The highest BCUT2D eigenvalue weighted by Gasteiger charge is 2.17. The number of hydrogen-bond acceptors (Lipinski definition) is 4. The number of pyridine rings is 1. The molecule has 0 amide bonds. The van der Waals surface area contributed by atoms with Crippen LogP contribution in [-0.4, -0.2) is 19.0 Å². The molecule has 0 saturated carbocycles. The van der Waals surface area contributed by atoms with Crippen molar-refractivity contribution in [3.05, 3.63) is 59.1 Å². The van der Waals surface area contributed by atoms with Crippen molar-refractivity contribution in [2.24, 2.45) is 0 Å². The summed E-state index contributed by atoms with van der Waals surface area (Å²) in [7, 11) is 0. The summed E-state index contributed by atoms with van der Waals surface area (Å²) in [6.45, 7) is 6.26. The van der Waals surface area contributed by atoms with Gasteiger partial charge in [0.25, 0.3) is 0 Å². The normalized spacial score (nSPS) is 11.6. The van der Waals surface area contributed by atoms with Crippen LogP contribution in [0.15, 0.2) is 42.6 Å². The van der Waals surface area contributed by atoms with Crippen molar-refractivity contribution in [2.75, 3.05) is 0 Å². The van der Waals surface area contributed by atoms with Crippen molar-refractivity contribution in [2.45, 2.75) is 26.7 Å². The highest BCUT2D eigenvalue weighted by atomic mass is 32.1. The Labute approximate surface area is 149 Å². The lowest BCUT2D eigenvalue weighted by atomic mass is 10.0. The van der Waals surface area contributed by atoms with Gasteiger partial charge in [0.15, 0.2) is 5.65 Å². The van der Waals surface area contributed by atoms with Gasteiger partial charge in [-0.2, -0.15) is 4.37 Å². The molecule has 4 aromatic rings. The van der Waals surface area contributed by atoms with Crippen LogP contribution in [0.1, 0.15) is 30.5 Å². The number of aromatic nitrogens is 4. The van der Waals surface area contributed by atoms with Crippen molar-refractivity contribution in [3.63, 3.8) is 0 Å². The fraction of sp³-hybridized carbons (Fsp3) is 0.211. The second kappa shape index (κ2) is 6.04. The summed E-state index contributed by atoms with van der Waals surface area (Å²) >= 11 is 1.46. The maximum absolute atomic E-state index is 13.3. The number of aryl methyl sites for hydroxylation is 1. The molecule has 0 aliphatic rings. The second-order valence-corrected chi connectivity index (χ2v) is 7.31. The zero-order chi connectivity index (χ0) is 17.6. The molecule has 1 aromatic carbocycles. The summed E-state index contributed by atoms with van der Waals surface area (Å²) in [5.41, 5.74) is 4.74. The van der Waals surface area contributed by atoms with E-state index in [0.717, 1.165) is 38.7 Å². The fourth-order valence-corrected chi connectivity index (χ4v) is 3.70. The van der Waals surface area contributed by atoms with E-state index in [1.54, 1.807) is 12.1 Å². The van der Waals surface area contributed by atoms with E-state index in [4.69, 9.17) is 0 Å². The summed E-state index contributed by atoms with van der Waals surface area (Å²) in [4.78, 5) is 1.12. The van der Waals surface area contributed by atoms with Gasteiger partial charge in [-0.05, 0) is 54.9 Å². The van der Waals surface area contributed by atoms with Crippen LogP contribution in [0.4, 0.5) is 4.39 Å². The van der Waals surface area contributed by atoms with Gasteiger partial charge >= 0.3 is 0 Å². The number of rotatable bonds is 3. The summed E-state index contributed by atoms with van der Waals surface area (Å²) in [6, 6.07) is 10.5. The van der Waals surface area contributed by atoms with E-state index in [1.165, 1.54) is 23.7 Å². The van der Waals surface area contributed by atoms with Gasteiger partial charge in [0.1, 0.15) is 11.6 Å². The largest absolute Gasteiger partial charge is 0.286 e. The molecule has 25 heavy (non-hydrogen) atoms. The van der Waals surface area contributed by atoms with E-state index >= 15 is 0 Å². The molecular formula is C19H17FN4S. The maximum atomic E-state index is 13.3. The lowest BCUT2D eigenvalue weighted by molar-refractivity contribution is 0.628. The molecule has 0 bridgehead atoms. The smallest absolute Gasteiger partial charge is 0.160 e. The van der Waals surface area contributed by atoms with Crippen LogP contribution in [0.2, 0.25) is 0 Å². The Kier molecular flexibility index (Phi) is 3.84. The second-order valence-electron chi connectivity index (χ2n) is 6.33. The lowest BCUT2D eigenvalue weighted by Gasteiger charge is -2.08. The Hall–Kier alpha value is -2.60. The van der Waals surface area contributed by atoms with Gasteiger partial charge in [0.2, 0.25) is 0 Å². The molecule has 6 heteroatoms. The van der Waals surface area contributed by atoms with Crippen LogP contribution in [-0.2, 0) is 0 Å². The first-order chi connectivity index (χ1) is 12.0. The van der Waals surface area contributed by atoms with Crippen molar-refractivity contribution < 1.29 is 4.39 Å². The van der Waals surface area contributed by atoms with E-state index in [-0.39, 0.29) is 11.7 Å². The number of nitrogens with zero attached hydrogens (tertiary/aromatic N) is 4. The van der Waals surface area contributed by atoms with Crippen LogP contribution >= 0.6 is 11.5 Å². The Morgan fingerprint density at radius 1 is 1.00 bits per heavy atom. The molecule has 3 aromatic heterocycles. The number of fused-ring (bicyclic) bond motifs is 1. The standard InChI is InChI=1S/C19H17FN4S/c1-11(2)19-22-21-16-9-6-14(10-24(16)19)17-12(3)25-23-18(17)13-4-7-15(20)8-5-13/h4-11H,1-3H3. The third-order valence-electron chi connectivity index (χ3n) is 4.21. The third kappa shape index (κ3) is 2.72. The van der Waals surface area contributed by atoms with E-state index in [9.17, 15) is 4.39 Å². The molecular weight excluding hydrogens is 335 g/mol. The summed E-state index contributed by atoms with van der Waals surface area (Å²) in [5.74, 6) is 0.967. The van der Waals surface area contributed by atoms with Crippen molar-refractivity contribution in [1.82, 2.24) is 19.0 Å².